The van der Waals surface area contributed by atoms with Crippen LogP contribution in [0.5, 0.6) is 0 Å². The van der Waals surface area contributed by atoms with Gasteiger partial charge in [-0.15, -0.1) is 0 Å². The van der Waals surface area contributed by atoms with Gasteiger partial charge in [0.15, 0.2) is 0 Å². The van der Waals surface area contributed by atoms with Crippen molar-refractivity contribution in [3.05, 3.63) is 112 Å². The molecule has 0 heteroatoms. The molecule has 0 spiro atoms. The molecule has 0 aromatic heterocycles. The van der Waals surface area contributed by atoms with Crippen molar-refractivity contribution in [1.29, 1.82) is 0 Å². The number of hydrogen-bond acceptors (Lipinski definition) is 0. The largest absolute Gasteiger partial charge is 0.0616 e. The van der Waals surface area contributed by atoms with Gasteiger partial charge in [-0.2, -0.15) is 0 Å². The van der Waals surface area contributed by atoms with Crippen LogP contribution in [-0.2, 0) is 0 Å². The summed E-state index contributed by atoms with van der Waals surface area (Å²) in [4.78, 5) is 0. The van der Waals surface area contributed by atoms with Crippen LogP contribution in [0.1, 0.15) is 33.4 Å². The fraction of sp³-hybridized carbons (Fsp3) is 0.0833. The molecule has 0 aliphatic heterocycles. The maximum absolute atomic E-state index is 2.25. The van der Waals surface area contributed by atoms with Gasteiger partial charge in [-0.3, -0.25) is 0 Å². The molecule has 0 N–H and O–H groups in total. The Hall–Kier alpha value is -2.86. The monoisotopic (exact) mass is 308 g/mol. The Morgan fingerprint density at radius 1 is 0.583 bits per heavy atom. The summed E-state index contributed by atoms with van der Waals surface area (Å²) in [6.07, 6.45) is 4.47. The Morgan fingerprint density at radius 2 is 1.12 bits per heavy atom. The minimum absolute atomic E-state index is 1.26. The van der Waals surface area contributed by atoms with Crippen LogP contribution >= 0.6 is 0 Å². The molecular formula is C24H20. The second-order valence-corrected chi connectivity index (χ2v) is 6.44. The third kappa shape index (κ3) is 2.61. The number of benzene rings is 3. The molecule has 0 unspecified atom stereocenters. The summed E-state index contributed by atoms with van der Waals surface area (Å²) < 4.78 is 0. The molecule has 3 aromatic rings. The molecular weight excluding hydrogens is 288 g/mol. The van der Waals surface area contributed by atoms with Crippen LogP contribution in [-0.4, -0.2) is 0 Å². The topological polar surface area (TPSA) is 0 Å². The Kier molecular flexibility index (Phi) is 3.66. The van der Waals surface area contributed by atoms with E-state index in [0.29, 0.717) is 0 Å². The molecule has 0 amide bonds. The Morgan fingerprint density at radius 3 is 1.71 bits per heavy atom. The average Bonchev–Trinajstić information content (AvgIpc) is 3.03. The molecule has 24 heavy (non-hydrogen) atoms. The van der Waals surface area contributed by atoms with E-state index in [2.05, 4.69) is 98.8 Å². The highest BCUT2D eigenvalue weighted by molar-refractivity contribution is 6.07. The molecule has 1 aliphatic rings. The molecule has 3 aromatic carbocycles. The van der Waals surface area contributed by atoms with E-state index in [1.807, 2.05) is 0 Å². The first-order valence-corrected chi connectivity index (χ1v) is 8.38. The van der Waals surface area contributed by atoms with Gasteiger partial charge in [-0.1, -0.05) is 96.1 Å². The summed E-state index contributed by atoms with van der Waals surface area (Å²) in [5.74, 6) is 0. The number of allylic oxidation sites excluding steroid dienone is 2. The van der Waals surface area contributed by atoms with E-state index >= 15 is 0 Å². The Balaban J connectivity index is 1.98. The second-order valence-electron chi connectivity index (χ2n) is 6.44. The smallest absolute Gasteiger partial charge is 0.00326 e. The van der Waals surface area contributed by atoms with E-state index in [1.54, 1.807) is 0 Å². The number of fused-ring (bicyclic) bond motifs is 1. The minimum atomic E-state index is 1.26. The van der Waals surface area contributed by atoms with E-state index < -0.39 is 0 Å². The molecule has 0 radical (unpaired) electrons. The molecule has 1 aliphatic carbocycles. The Bertz CT molecular complexity index is 889. The lowest BCUT2D eigenvalue weighted by Gasteiger charge is -2.14. The van der Waals surface area contributed by atoms with Crippen molar-refractivity contribution in [2.45, 2.75) is 13.8 Å². The molecule has 0 fully saturated rings. The summed E-state index contributed by atoms with van der Waals surface area (Å²) in [7, 11) is 0. The fourth-order valence-corrected chi connectivity index (χ4v) is 3.29. The van der Waals surface area contributed by atoms with Crippen LogP contribution < -0.4 is 0 Å². The highest BCUT2D eigenvalue weighted by Gasteiger charge is 2.17. The minimum Gasteiger partial charge on any atom is -0.0616 e. The number of rotatable bonds is 2. The van der Waals surface area contributed by atoms with E-state index in [4.69, 9.17) is 0 Å². The zero-order valence-electron chi connectivity index (χ0n) is 14.1. The summed E-state index contributed by atoms with van der Waals surface area (Å²) >= 11 is 0. The van der Waals surface area contributed by atoms with Gasteiger partial charge in [0.2, 0.25) is 0 Å². The third-order valence-electron chi connectivity index (χ3n) is 4.63. The highest BCUT2D eigenvalue weighted by Crippen LogP contribution is 2.38. The number of hydrogen-bond donors (Lipinski definition) is 0. The first kappa shape index (κ1) is 14.7. The third-order valence-corrected chi connectivity index (χ3v) is 4.63. The maximum Gasteiger partial charge on any atom is -0.00326 e. The van der Waals surface area contributed by atoms with Crippen molar-refractivity contribution in [3.63, 3.8) is 0 Å². The first-order chi connectivity index (χ1) is 11.7. The lowest BCUT2D eigenvalue weighted by Crippen LogP contribution is -1.93. The van der Waals surface area contributed by atoms with Crippen molar-refractivity contribution in [2.24, 2.45) is 0 Å². The first-order valence-electron chi connectivity index (χ1n) is 8.38. The van der Waals surface area contributed by atoms with Crippen molar-refractivity contribution in [3.8, 4) is 0 Å². The van der Waals surface area contributed by atoms with E-state index in [-0.39, 0.29) is 0 Å². The van der Waals surface area contributed by atoms with Crippen LogP contribution in [0, 0.1) is 13.8 Å². The van der Waals surface area contributed by atoms with Gasteiger partial charge < -0.3 is 0 Å². The standard InChI is InChI=1S/C24H20/c1-17-7-11-20(12-8-17)24(21-13-9-18(2)10-14-21)23-16-15-19-5-3-4-6-22(19)23/h3-16H,1-2H3. The van der Waals surface area contributed by atoms with Gasteiger partial charge in [-0.25, -0.2) is 0 Å². The van der Waals surface area contributed by atoms with Crippen molar-refractivity contribution < 1.29 is 0 Å². The summed E-state index contributed by atoms with van der Waals surface area (Å²) in [5.41, 5.74) is 10.3. The van der Waals surface area contributed by atoms with Crippen LogP contribution in [0.15, 0.2) is 78.9 Å². The molecule has 4 rings (SSSR count). The molecule has 0 nitrogen and oxygen atoms in total. The van der Waals surface area contributed by atoms with Gasteiger partial charge in [0.05, 0.1) is 0 Å². The summed E-state index contributed by atoms with van der Waals surface area (Å²) in [6, 6.07) is 26.3. The van der Waals surface area contributed by atoms with Gasteiger partial charge in [0.25, 0.3) is 0 Å². The van der Waals surface area contributed by atoms with Crippen LogP contribution in [0.25, 0.3) is 17.2 Å². The predicted molar refractivity (Wildman–Crippen MR) is 104 cm³/mol. The zero-order valence-corrected chi connectivity index (χ0v) is 14.1. The maximum atomic E-state index is 2.25. The lowest BCUT2D eigenvalue weighted by atomic mass is 9.89. The molecule has 0 atom stereocenters. The quantitative estimate of drug-likeness (QED) is 0.522. The van der Waals surface area contributed by atoms with Gasteiger partial charge in [0, 0.05) is 0 Å². The fourth-order valence-electron chi connectivity index (χ4n) is 3.29. The number of aryl methyl sites for hydroxylation is 2. The van der Waals surface area contributed by atoms with E-state index in [0.717, 1.165) is 0 Å². The molecule has 0 saturated heterocycles. The van der Waals surface area contributed by atoms with E-state index in [1.165, 1.54) is 44.5 Å². The Labute approximate surface area is 143 Å². The second kappa shape index (κ2) is 5.98. The van der Waals surface area contributed by atoms with E-state index in [9.17, 15) is 0 Å². The van der Waals surface area contributed by atoms with Crippen molar-refractivity contribution in [1.82, 2.24) is 0 Å². The summed E-state index contributed by atoms with van der Waals surface area (Å²) in [5, 5.41) is 0. The van der Waals surface area contributed by atoms with Crippen molar-refractivity contribution in [2.75, 3.05) is 0 Å². The SMILES string of the molecule is Cc1ccc(C(=C2C=Cc3ccccc32)c2ccc(C)cc2)cc1. The van der Waals surface area contributed by atoms with Crippen molar-refractivity contribution >= 4 is 17.2 Å². The van der Waals surface area contributed by atoms with Gasteiger partial charge >= 0.3 is 0 Å². The molecule has 0 bridgehead atoms. The average molecular weight is 308 g/mol. The van der Waals surface area contributed by atoms with Crippen LogP contribution in [0.2, 0.25) is 0 Å². The zero-order chi connectivity index (χ0) is 16.5. The molecule has 116 valence electrons. The molecule has 0 saturated carbocycles. The normalized spacial score (nSPS) is 12.3. The molecule has 0 heterocycles. The predicted octanol–water partition coefficient (Wildman–Crippen LogP) is 6.29. The van der Waals surface area contributed by atoms with Gasteiger partial charge in [0.1, 0.15) is 0 Å². The highest BCUT2D eigenvalue weighted by atomic mass is 14.2. The van der Waals surface area contributed by atoms with Crippen LogP contribution in [0.3, 0.4) is 0 Å². The summed E-state index contributed by atoms with van der Waals surface area (Å²) in [6.45, 7) is 4.26. The van der Waals surface area contributed by atoms with Crippen LogP contribution in [0.4, 0.5) is 0 Å². The lowest BCUT2D eigenvalue weighted by molar-refractivity contribution is 1.43. The van der Waals surface area contributed by atoms with Gasteiger partial charge in [-0.05, 0) is 47.2 Å².